The molecule has 2 spiro atoms. The van der Waals surface area contributed by atoms with Gasteiger partial charge in [-0.1, -0.05) is 182 Å². The lowest BCUT2D eigenvalue weighted by atomic mass is 9.69. The zero-order valence-electron chi connectivity index (χ0n) is 35.7. The maximum absolute atomic E-state index is 10.1. The summed E-state index contributed by atoms with van der Waals surface area (Å²) in [4.78, 5) is 0. The molecular formula is C64H36N2. The second-order valence-electron chi connectivity index (χ2n) is 18.0. The molecule has 0 aromatic heterocycles. The third-order valence-electron chi connectivity index (χ3n) is 15.2. The van der Waals surface area contributed by atoms with E-state index in [9.17, 15) is 10.5 Å². The molecule has 66 heavy (non-hydrogen) atoms. The highest BCUT2D eigenvalue weighted by atomic mass is 14.5. The van der Waals surface area contributed by atoms with Crippen LogP contribution in [-0.4, -0.2) is 0 Å². The summed E-state index contributed by atoms with van der Waals surface area (Å²) in [7, 11) is 0. The normalized spacial score (nSPS) is 16.9. The average molecular weight is 833 g/mol. The number of hydrogen-bond acceptors (Lipinski definition) is 2. The molecule has 0 heterocycles. The summed E-state index contributed by atoms with van der Waals surface area (Å²) >= 11 is 0. The van der Waals surface area contributed by atoms with E-state index in [-0.39, 0.29) is 0 Å². The quantitative estimate of drug-likeness (QED) is 0.178. The Kier molecular flexibility index (Phi) is 7.41. The molecule has 2 unspecified atom stereocenters. The minimum absolute atomic E-state index is 0.530. The van der Waals surface area contributed by atoms with Crippen LogP contribution in [0.25, 0.3) is 77.9 Å². The Morgan fingerprint density at radius 2 is 0.697 bits per heavy atom. The number of fused-ring (bicyclic) bond motifs is 20. The topological polar surface area (TPSA) is 47.6 Å². The molecule has 2 nitrogen and oxygen atoms in total. The van der Waals surface area contributed by atoms with Crippen LogP contribution in [-0.2, 0) is 10.8 Å². The van der Waals surface area contributed by atoms with Crippen LogP contribution in [0.3, 0.4) is 0 Å². The Morgan fingerprint density at radius 1 is 0.258 bits per heavy atom. The lowest BCUT2D eigenvalue weighted by Gasteiger charge is -2.31. The molecule has 10 aromatic carbocycles. The molecule has 0 saturated carbocycles. The van der Waals surface area contributed by atoms with Gasteiger partial charge in [-0.25, -0.2) is 0 Å². The Hall–Kier alpha value is -8.82. The standard InChI is InChI=1S/C64H36N2/c65-37-39-13-11-15-42(33-39)46-21-12-26-59-62(46)52-20-6-10-25-57(52)64(59)55-23-8-4-18-48(55)51-31-28-41(36-61(51)64)40-27-30-50-47-17-3-7-22-54(47)63(60(50)35-40)56-24-9-5-19-49(56)53-34-43(29-32-58(53)63)45-16-2-1-14-44(45)38-66/h1-36H. The Bertz CT molecular complexity index is 3870. The van der Waals surface area contributed by atoms with Gasteiger partial charge in [-0.15, -0.1) is 0 Å². The molecule has 4 aliphatic carbocycles. The van der Waals surface area contributed by atoms with Gasteiger partial charge in [0.05, 0.1) is 34.1 Å². The first kappa shape index (κ1) is 36.6. The van der Waals surface area contributed by atoms with E-state index in [0.29, 0.717) is 11.1 Å². The van der Waals surface area contributed by atoms with E-state index in [2.05, 4.69) is 194 Å². The number of hydrogen-bond donors (Lipinski definition) is 0. The fourth-order valence-electron chi connectivity index (χ4n) is 12.7. The van der Waals surface area contributed by atoms with E-state index >= 15 is 0 Å². The van der Waals surface area contributed by atoms with Gasteiger partial charge in [0.25, 0.3) is 0 Å². The van der Waals surface area contributed by atoms with Crippen LogP contribution in [0, 0.1) is 22.7 Å². The highest BCUT2D eigenvalue weighted by molar-refractivity contribution is 6.01. The highest BCUT2D eigenvalue weighted by Crippen LogP contribution is 2.66. The summed E-state index contributed by atoms with van der Waals surface area (Å²) in [5.41, 5.74) is 27.0. The molecule has 4 aliphatic rings. The summed E-state index contributed by atoms with van der Waals surface area (Å²) in [5.74, 6) is 0. The van der Waals surface area contributed by atoms with Crippen molar-refractivity contribution in [2.75, 3.05) is 0 Å². The van der Waals surface area contributed by atoms with Crippen LogP contribution in [0.15, 0.2) is 218 Å². The molecule has 2 heteroatoms. The maximum Gasteiger partial charge on any atom is 0.0998 e. The zero-order chi connectivity index (χ0) is 43.7. The zero-order valence-corrected chi connectivity index (χ0v) is 35.7. The van der Waals surface area contributed by atoms with Gasteiger partial charge in [0.2, 0.25) is 0 Å². The van der Waals surface area contributed by atoms with Crippen molar-refractivity contribution in [3.8, 4) is 90.0 Å². The molecule has 0 bridgehead atoms. The van der Waals surface area contributed by atoms with Crippen LogP contribution >= 0.6 is 0 Å². The molecule has 0 amide bonds. The predicted molar refractivity (Wildman–Crippen MR) is 265 cm³/mol. The van der Waals surface area contributed by atoms with Gasteiger partial charge in [-0.2, -0.15) is 10.5 Å². The second kappa shape index (κ2) is 13.4. The lowest BCUT2D eigenvalue weighted by molar-refractivity contribution is 0.793. The largest absolute Gasteiger partial charge is 0.192 e. The van der Waals surface area contributed by atoms with Crippen LogP contribution in [0.5, 0.6) is 0 Å². The maximum atomic E-state index is 10.1. The van der Waals surface area contributed by atoms with Gasteiger partial charge >= 0.3 is 0 Å². The van der Waals surface area contributed by atoms with Gasteiger partial charge in [0.1, 0.15) is 0 Å². The van der Waals surface area contributed by atoms with E-state index < -0.39 is 10.8 Å². The Labute approximate surface area is 383 Å². The van der Waals surface area contributed by atoms with Crippen LogP contribution < -0.4 is 0 Å². The third-order valence-corrected chi connectivity index (χ3v) is 15.2. The Morgan fingerprint density at radius 3 is 1.32 bits per heavy atom. The minimum Gasteiger partial charge on any atom is -0.192 e. The first-order valence-corrected chi connectivity index (χ1v) is 22.6. The predicted octanol–water partition coefficient (Wildman–Crippen LogP) is 15.1. The third kappa shape index (κ3) is 4.53. The van der Waals surface area contributed by atoms with E-state index in [1.165, 1.54) is 100 Å². The molecule has 2 atom stereocenters. The van der Waals surface area contributed by atoms with Crippen molar-refractivity contribution in [2.45, 2.75) is 10.8 Å². The number of nitrogens with zero attached hydrogens (tertiary/aromatic N) is 2. The fraction of sp³-hybridized carbons (Fsp3) is 0.0312. The SMILES string of the molecule is N#Cc1cccc(-c2cccc3c2-c2ccccc2C32c3ccccc3-c3ccc(-c4ccc5c(c4)C4(c6ccccc6-c6cc(-c7ccccc7C#N)ccc64)c4ccccc4-5)cc32)c1. The van der Waals surface area contributed by atoms with Gasteiger partial charge in [-0.05, 0) is 159 Å². The van der Waals surface area contributed by atoms with Crippen molar-refractivity contribution < 1.29 is 0 Å². The van der Waals surface area contributed by atoms with Gasteiger partial charge < -0.3 is 0 Å². The number of benzene rings is 10. The second-order valence-corrected chi connectivity index (χ2v) is 18.0. The molecule has 14 rings (SSSR count). The molecule has 0 aliphatic heterocycles. The van der Waals surface area contributed by atoms with Crippen molar-refractivity contribution in [2.24, 2.45) is 0 Å². The Balaban J connectivity index is 0.999. The first-order valence-electron chi connectivity index (χ1n) is 22.6. The summed E-state index contributed by atoms with van der Waals surface area (Å²) in [5, 5.41) is 20.0. The van der Waals surface area contributed by atoms with Crippen molar-refractivity contribution in [3.05, 3.63) is 274 Å². The average Bonchev–Trinajstić information content (AvgIpc) is 4.07. The van der Waals surface area contributed by atoms with E-state index in [1.807, 2.05) is 36.4 Å². The summed E-state index contributed by atoms with van der Waals surface area (Å²) < 4.78 is 0. The summed E-state index contributed by atoms with van der Waals surface area (Å²) in [6.45, 7) is 0. The molecule has 0 fully saturated rings. The molecule has 0 saturated heterocycles. The van der Waals surface area contributed by atoms with E-state index in [0.717, 1.165) is 22.3 Å². The first-order chi connectivity index (χ1) is 32.6. The number of nitriles is 2. The molecule has 10 aromatic rings. The van der Waals surface area contributed by atoms with Gasteiger partial charge in [0, 0.05) is 0 Å². The molecule has 0 radical (unpaired) electrons. The fourth-order valence-corrected chi connectivity index (χ4v) is 12.7. The number of rotatable bonds is 3. The van der Waals surface area contributed by atoms with Crippen molar-refractivity contribution >= 4 is 0 Å². The summed E-state index contributed by atoms with van der Waals surface area (Å²) in [6, 6.07) is 84.5. The molecular weight excluding hydrogens is 797 g/mol. The molecule has 302 valence electrons. The van der Waals surface area contributed by atoms with E-state index in [4.69, 9.17) is 0 Å². The van der Waals surface area contributed by atoms with Crippen molar-refractivity contribution in [1.29, 1.82) is 10.5 Å². The highest BCUT2D eigenvalue weighted by Gasteiger charge is 2.54. The smallest absolute Gasteiger partial charge is 0.0998 e. The molecule has 0 N–H and O–H groups in total. The lowest BCUT2D eigenvalue weighted by Crippen LogP contribution is -2.26. The summed E-state index contributed by atoms with van der Waals surface area (Å²) in [6.07, 6.45) is 0. The van der Waals surface area contributed by atoms with E-state index in [1.54, 1.807) is 0 Å². The minimum atomic E-state index is -0.546. The van der Waals surface area contributed by atoms with Gasteiger partial charge in [-0.3, -0.25) is 0 Å². The van der Waals surface area contributed by atoms with Gasteiger partial charge in [0.15, 0.2) is 0 Å². The van der Waals surface area contributed by atoms with Crippen LogP contribution in [0.4, 0.5) is 0 Å². The van der Waals surface area contributed by atoms with Crippen molar-refractivity contribution in [1.82, 2.24) is 0 Å². The van der Waals surface area contributed by atoms with Crippen LogP contribution in [0.1, 0.15) is 55.6 Å². The van der Waals surface area contributed by atoms with Crippen LogP contribution in [0.2, 0.25) is 0 Å². The van der Waals surface area contributed by atoms with Crippen molar-refractivity contribution in [3.63, 3.8) is 0 Å². The monoisotopic (exact) mass is 832 g/mol.